The van der Waals surface area contributed by atoms with E-state index in [-0.39, 0.29) is 27.8 Å². The minimum atomic E-state index is -0.648. The summed E-state index contributed by atoms with van der Waals surface area (Å²) in [5.41, 5.74) is -0.435. The van der Waals surface area contributed by atoms with Crippen LogP contribution in [0, 0.1) is 32.8 Å². The maximum absolute atomic E-state index is 11.0. The summed E-state index contributed by atoms with van der Waals surface area (Å²) >= 11 is 5.79. The molecule has 2 rings (SSSR count). The van der Waals surface area contributed by atoms with Crippen molar-refractivity contribution in [2.75, 3.05) is 0 Å². The van der Waals surface area contributed by atoms with Gasteiger partial charge in [-0.25, -0.2) is 4.98 Å². The molecule has 0 aliphatic carbocycles. The third kappa shape index (κ3) is 1.99. The Morgan fingerprint density at radius 1 is 1.37 bits per heavy atom. The lowest BCUT2D eigenvalue weighted by molar-refractivity contribution is -0.384. The fourth-order valence-electron chi connectivity index (χ4n) is 1.60. The molecule has 1 heterocycles. The Hall–Kier alpha value is -2.90. The van der Waals surface area contributed by atoms with E-state index >= 15 is 0 Å². The second-order valence-corrected chi connectivity index (χ2v) is 3.81. The number of benzene rings is 1. The number of nitriles is 2. The topological polar surface area (TPSA) is 109 Å². The smallest absolute Gasteiger partial charge is 0.283 e. The van der Waals surface area contributed by atoms with Gasteiger partial charge in [0, 0.05) is 0 Å². The van der Waals surface area contributed by atoms with Crippen LogP contribution in [0.15, 0.2) is 24.5 Å². The van der Waals surface area contributed by atoms with Crippen LogP contribution in [-0.2, 0) is 0 Å². The van der Waals surface area contributed by atoms with E-state index in [0.717, 1.165) is 0 Å². The van der Waals surface area contributed by atoms with Crippen molar-refractivity contribution in [2.45, 2.75) is 0 Å². The second kappa shape index (κ2) is 4.77. The van der Waals surface area contributed by atoms with E-state index in [4.69, 9.17) is 22.1 Å². The lowest BCUT2D eigenvalue weighted by atomic mass is 10.2. The maximum Gasteiger partial charge on any atom is 0.311 e. The van der Waals surface area contributed by atoms with Gasteiger partial charge in [-0.05, 0) is 12.1 Å². The lowest BCUT2D eigenvalue weighted by Gasteiger charge is -2.05. The van der Waals surface area contributed by atoms with Crippen LogP contribution in [0.3, 0.4) is 0 Å². The molecule has 92 valence electrons. The molecule has 0 saturated heterocycles. The number of imidazole rings is 1. The van der Waals surface area contributed by atoms with Gasteiger partial charge in [-0.1, -0.05) is 17.7 Å². The number of nitrogens with zero attached hydrogens (tertiary/aromatic N) is 5. The number of hydrogen-bond donors (Lipinski definition) is 0. The Morgan fingerprint density at radius 3 is 2.68 bits per heavy atom. The van der Waals surface area contributed by atoms with E-state index in [1.54, 1.807) is 12.1 Å². The largest absolute Gasteiger partial charge is 0.311 e. The molecule has 2 aromatic rings. The predicted octanol–water partition coefficient (Wildman–Crippen LogP) is 2.18. The van der Waals surface area contributed by atoms with Gasteiger partial charge in [0.05, 0.1) is 4.92 Å². The summed E-state index contributed by atoms with van der Waals surface area (Å²) in [6.07, 6.45) is 1.18. The zero-order chi connectivity index (χ0) is 14.0. The Balaban J connectivity index is 2.78. The second-order valence-electron chi connectivity index (χ2n) is 3.40. The molecule has 7 nitrogen and oxygen atoms in total. The molecule has 0 N–H and O–H groups in total. The van der Waals surface area contributed by atoms with Gasteiger partial charge in [-0.2, -0.15) is 10.5 Å². The zero-order valence-corrected chi connectivity index (χ0v) is 10.00. The first kappa shape index (κ1) is 12.6. The lowest BCUT2D eigenvalue weighted by Crippen LogP contribution is -2.02. The van der Waals surface area contributed by atoms with E-state index in [1.807, 2.05) is 0 Å². The molecule has 1 aromatic carbocycles. The van der Waals surface area contributed by atoms with Crippen LogP contribution < -0.4 is 0 Å². The monoisotopic (exact) mass is 273 g/mol. The number of para-hydroxylation sites is 1. The minimum Gasteiger partial charge on any atom is -0.283 e. The van der Waals surface area contributed by atoms with Crippen molar-refractivity contribution < 1.29 is 4.92 Å². The van der Waals surface area contributed by atoms with E-state index in [1.165, 1.54) is 29.1 Å². The minimum absolute atomic E-state index is 0.0569. The summed E-state index contributed by atoms with van der Waals surface area (Å²) in [5, 5.41) is 28.8. The van der Waals surface area contributed by atoms with Crippen molar-refractivity contribution in [3.05, 3.63) is 51.1 Å². The maximum atomic E-state index is 11.0. The molecule has 0 fully saturated rings. The summed E-state index contributed by atoms with van der Waals surface area (Å²) in [4.78, 5) is 14.1. The Kier molecular flexibility index (Phi) is 3.15. The molecule has 0 aliphatic rings. The van der Waals surface area contributed by atoms with E-state index in [0.29, 0.717) is 0 Å². The first-order valence-electron chi connectivity index (χ1n) is 4.91. The highest BCUT2D eigenvalue weighted by molar-refractivity contribution is 6.33. The molecule has 0 unspecified atom stereocenters. The normalized spacial score (nSPS) is 9.63. The highest BCUT2D eigenvalue weighted by Crippen LogP contribution is 2.31. The molecule has 0 radical (unpaired) electrons. The fourth-order valence-corrected chi connectivity index (χ4v) is 1.84. The predicted molar refractivity (Wildman–Crippen MR) is 64.7 cm³/mol. The van der Waals surface area contributed by atoms with Gasteiger partial charge in [0.15, 0.2) is 11.4 Å². The highest BCUT2D eigenvalue weighted by atomic mass is 35.5. The summed E-state index contributed by atoms with van der Waals surface area (Å²) in [5.74, 6) is 0. The number of rotatable bonds is 2. The number of hydrogen-bond acceptors (Lipinski definition) is 5. The summed E-state index contributed by atoms with van der Waals surface area (Å²) in [6, 6.07) is 7.84. The van der Waals surface area contributed by atoms with Crippen LogP contribution in [0.4, 0.5) is 5.69 Å². The van der Waals surface area contributed by atoms with Gasteiger partial charge in [0.2, 0.25) is 0 Å². The quantitative estimate of drug-likeness (QED) is 0.615. The summed E-state index contributed by atoms with van der Waals surface area (Å²) in [6.45, 7) is 0. The summed E-state index contributed by atoms with van der Waals surface area (Å²) < 4.78 is 1.17. The first-order valence-corrected chi connectivity index (χ1v) is 5.28. The van der Waals surface area contributed by atoms with E-state index < -0.39 is 4.92 Å². The van der Waals surface area contributed by atoms with Crippen molar-refractivity contribution in [3.8, 4) is 17.8 Å². The third-order valence-corrected chi connectivity index (χ3v) is 2.69. The van der Waals surface area contributed by atoms with Crippen molar-refractivity contribution in [1.82, 2.24) is 9.55 Å². The molecule has 0 spiro atoms. The van der Waals surface area contributed by atoms with Gasteiger partial charge < -0.3 is 0 Å². The van der Waals surface area contributed by atoms with Gasteiger partial charge in [0.1, 0.15) is 29.2 Å². The summed E-state index contributed by atoms with van der Waals surface area (Å²) in [7, 11) is 0. The number of nitro groups is 1. The Labute approximate surface area is 112 Å². The zero-order valence-electron chi connectivity index (χ0n) is 9.24. The van der Waals surface area contributed by atoms with Gasteiger partial charge in [-0.15, -0.1) is 0 Å². The number of aromatic nitrogens is 2. The number of halogens is 1. The van der Waals surface area contributed by atoms with Crippen molar-refractivity contribution >= 4 is 17.3 Å². The molecular formula is C11H4ClN5O2. The average Bonchev–Trinajstić information content (AvgIpc) is 2.80. The van der Waals surface area contributed by atoms with E-state index in [2.05, 4.69) is 4.98 Å². The van der Waals surface area contributed by atoms with E-state index in [9.17, 15) is 10.1 Å². The van der Waals surface area contributed by atoms with Gasteiger partial charge >= 0.3 is 5.69 Å². The number of nitro benzene ring substituents is 1. The van der Waals surface area contributed by atoms with Crippen LogP contribution in [0.1, 0.15) is 11.4 Å². The molecule has 0 bridgehead atoms. The Bertz CT molecular complexity index is 753. The van der Waals surface area contributed by atoms with Crippen molar-refractivity contribution in [3.63, 3.8) is 0 Å². The van der Waals surface area contributed by atoms with Crippen LogP contribution >= 0.6 is 11.6 Å². The molecule has 0 saturated carbocycles. The van der Waals surface area contributed by atoms with Crippen LogP contribution in [0.2, 0.25) is 5.02 Å². The molecule has 8 heteroatoms. The standard InChI is InChI=1S/C11H4ClN5O2/c12-7-2-1-3-9(11(7)17(18)19)16-6-15-8(4-13)10(16)5-14/h1-3,6H. The van der Waals surface area contributed by atoms with Crippen LogP contribution in [-0.4, -0.2) is 14.5 Å². The molecule has 1 aromatic heterocycles. The first-order chi connectivity index (χ1) is 9.10. The van der Waals surface area contributed by atoms with Crippen molar-refractivity contribution in [2.24, 2.45) is 0 Å². The molecule has 19 heavy (non-hydrogen) atoms. The van der Waals surface area contributed by atoms with Gasteiger partial charge in [0.25, 0.3) is 0 Å². The highest BCUT2D eigenvalue weighted by Gasteiger charge is 2.22. The molecular weight excluding hydrogens is 270 g/mol. The van der Waals surface area contributed by atoms with Gasteiger partial charge in [-0.3, -0.25) is 14.7 Å². The SMILES string of the molecule is N#Cc1ncn(-c2cccc(Cl)c2[N+](=O)[O-])c1C#N. The van der Waals surface area contributed by atoms with Crippen LogP contribution in [0.25, 0.3) is 5.69 Å². The third-order valence-electron chi connectivity index (χ3n) is 2.39. The Morgan fingerprint density at radius 2 is 2.11 bits per heavy atom. The molecule has 0 atom stereocenters. The van der Waals surface area contributed by atoms with Crippen LogP contribution in [0.5, 0.6) is 0 Å². The van der Waals surface area contributed by atoms with Crippen molar-refractivity contribution in [1.29, 1.82) is 10.5 Å². The average molecular weight is 274 g/mol. The molecule has 0 amide bonds. The fraction of sp³-hybridized carbons (Fsp3) is 0. The molecule has 0 aliphatic heterocycles.